The van der Waals surface area contributed by atoms with Crippen molar-refractivity contribution in [1.29, 1.82) is 0 Å². The molecule has 0 spiro atoms. The van der Waals surface area contributed by atoms with Crippen LogP contribution in [-0.4, -0.2) is 79.6 Å². The number of hydrogen-bond donors (Lipinski definition) is 1. The second-order valence-electron chi connectivity index (χ2n) is 7.57. The predicted molar refractivity (Wildman–Crippen MR) is 95.7 cm³/mol. The number of nitrogens with one attached hydrogen (secondary N) is 1. The highest BCUT2D eigenvalue weighted by molar-refractivity contribution is 5.74. The lowest BCUT2D eigenvalue weighted by atomic mass is 9.92. The summed E-state index contributed by atoms with van der Waals surface area (Å²) in [7, 11) is 0. The molecule has 0 saturated carbocycles. The number of likely N-dealkylation sites (N-methyl/N-ethyl adjacent to an activating group) is 1. The summed E-state index contributed by atoms with van der Waals surface area (Å²) in [6.07, 6.45) is 3.64. The zero-order valence-corrected chi connectivity index (χ0v) is 15.4. The number of nitrogens with zero attached hydrogens (tertiary/aromatic N) is 3. The molecule has 5 heteroatoms. The van der Waals surface area contributed by atoms with Crippen LogP contribution in [0.5, 0.6) is 0 Å². The van der Waals surface area contributed by atoms with Gasteiger partial charge in [-0.3, -0.25) is 0 Å². The molecule has 0 aromatic heterocycles. The van der Waals surface area contributed by atoms with Crippen LogP contribution in [0.1, 0.15) is 40.0 Å². The zero-order valence-electron chi connectivity index (χ0n) is 15.4. The number of carbonyl (C=O) groups excluding carboxylic acids is 1. The van der Waals surface area contributed by atoms with Crippen LogP contribution in [-0.2, 0) is 0 Å². The van der Waals surface area contributed by atoms with Crippen molar-refractivity contribution < 1.29 is 4.79 Å². The number of rotatable bonds is 6. The van der Waals surface area contributed by atoms with E-state index in [-0.39, 0.29) is 6.03 Å². The number of amides is 2. The number of piperazine rings is 1. The highest BCUT2D eigenvalue weighted by Gasteiger charge is 2.21. The monoisotopic (exact) mass is 324 g/mol. The van der Waals surface area contributed by atoms with E-state index in [0.29, 0.717) is 0 Å². The highest BCUT2D eigenvalue weighted by atomic mass is 16.2. The molecule has 2 rings (SSSR count). The Labute approximate surface area is 142 Å². The molecule has 2 saturated heterocycles. The number of hydrogen-bond acceptors (Lipinski definition) is 3. The molecule has 0 aromatic rings. The number of unbranched alkanes of at least 4 members (excludes halogenated alkanes) is 1. The molecule has 23 heavy (non-hydrogen) atoms. The van der Waals surface area contributed by atoms with E-state index in [2.05, 4.69) is 35.9 Å². The van der Waals surface area contributed by atoms with E-state index in [4.69, 9.17) is 0 Å². The van der Waals surface area contributed by atoms with E-state index < -0.39 is 0 Å². The quantitative estimate of drug-likeness (QED) is 0.761. The molecule has 2 atom stereocenters. The molecule has 134 valence electrons. The normalized spacial score (nSPS) is 27.2. The lowest BCUT2D eigenvalue weighted by Gasteiger charge is -2.35. The second kappa shape index (κ2) is 9.48. The first-order chi connectivity index (χ1) is 11.1. The van der Waals surface area contributed by atoms with Gasteiger partial charge in [-0.05, 0) is 44.2 Å². The summed E-state index contributed by atoms with van der Waals surface area (Å²) in [5.74, 6) is 1.67. The van der Waals surface area contributed by atoms with Crippen molar-refractivity contribution in [2.45, 2.75) is 40.0 Å². The standard InChI is InChI=1S/C18H36N4O/c1-4-20-9-11-22(12-10-20)18(23)19-7-5-6-8-21-14-16(2)13-17(3)15-21/h16-17H,4-15H2,1-3H3,(H,19,23). The summed E-state index contributed by atoms with van der Waals surface area (Å²) in [4.78, 5) is 19.1. The second-order valence-corrected chi connectivity index (χ2v) is 7.57. The average Bonchev–Trinajstić information content (AvgIpc) is 2.53. The maximum absolute atomic E-state index is 12.1. The van der Waals surface area contributed by atoms with Crippen LogP contribution >= 0.6 is 0 Å². The highest BCUT2D eigenvalue weighted by Crippen LogP contribution is 2.20. The molecule has 2 fully saturated rings. The SMILES string of the molecule is CCN1CCN(C(=O)NCCCCN2CC(C)CC(C)C2)CC1. The van der Waals surface area contributed by atoms with Crippen molar-refractivity contribution in [2.24, 2.45) is 11.8 Å². The molecule has 2 heterocycles. The van der Waals surface area contributed by atoms with Crippen molar-refractivity contribution in [1.82, 2.24) is 20.0 Å². The van der Waals surface area contributed by atoms with Crippen LogP contribution in [0.2, 0.25) is 0 Å². The van der Waals surface area contributed by atoms with Crippen molar-refractivity contribution >= 4 is 6.03 Å². The summed E-state index contributed by atoms with van der Waals surface area (Å²) in [5.41, 5.74) is 0. The van der Waals surface area contributed by atoms with Crippen molar-refractivity contribution in [3.05, 3.63) is 0 Å². The van der Waals surface area contributed by atoms with Gasteiger partial charge in [0.25, 0.3) is 0 Å². The van der Waals surface area contributed by atoms with Gasteiger partial charge in [0.05, 0.1) is 0 Å². The summed E-state index contributed by atoms with van der Waals surface area (Å²) < 4.78 is 0. The summed E-state index contributed by atoms with van der Waals surface area (Å²) in [6, 6.07) is 0.126. The Morgan fingerprint density at radius 2 is 1.65 bits per heavy atom. The van der Waals surface area contributed by atoms with Crippen molar-refractivity contribution in [3.63, 3.8) is 0 Å². The fourth-order valence-electron chi connectivity index (χ4n) is 4.01. The topological polar surface area (TPSA) is 38.8 Å². The maximum atomic E-state index is 12.1. The molecule has 0 radical (unpaired) electrons. The number of urea groups is 1. The Kier molecular flexibility index (Phi) is 7.63. The van der Waals surface area contributed by atoms with Crippen LogP contribution in [0.4, 0.5) is 4.79 Å². The molecule has 1 N–H and O–H groups in total. The minimum atomic E-state index is 0.126. The van der Waals surface area contributed by atoms with Gasteiger partial charge < -0.3 is 20.0 Å². The van der Waals surface area contributed by atoms with E-state index in [1.807, 2.05) is 4.90 Å². The molecular weight excluding hydrogens is 288 g/mol. The minimum absolute atomic E-state index is 0.126. The summed E-state index contributed by atoms with van der Waals surface area (Å²) in [5, 5.41) is 3.09. The van der Waals surface area contributed by atoms with Crippen LogP contribution < -0.4 is 5.32 Å². The van der Waals surface area contributed by atoms with Gasteiger partial charge in [-0.1, -0.05) is 20.8 Å². The van der Waals surface area contributed by atoms with E-state index in [9.17, 15) is 4.79 Å². The zero-order chi connectivity index (χ0) is 16.7. The molecule has 2 aliphatic rings. The molecular formula is C18H36N4O. The van der Waals surface area contributed by atoms with E-state index >= 15 is 0 Å². The molecule has 5 nitrogen and oxygen atoms in total. The van der Waals surface area contributed by atoms with E-state index in [1.165, 1.54) is 32.5 Å². The van der Waals surface area contributed by atoms with Crippen LogP contribution in [0, 0.1) is 11.8 Å². The fourth-order valence-corrected chi connectivity index (χ4v) is 4.01. The largest absolute Gasteiger partial charge is 0.338 e. The van der Waals surface area contributed by atoms with Gasteiger partial charge in [-0.25, -0.2) is 4.79 Å². The Hall–Kier alpha value is -0.810. The van der Waals surface area contributed by atoms with Gasteiger partial charge in [0.2, 0.25) is 0 Å². The first-order valence-corrected chi connectivity index (χ1v) is 9.56. The molecule has 2 unspecified atom stereocenters. The molecule has 0 aromatic carbocycles. The Bertz CT molecular complexity index is 345. The van der Waals surface area contributed by atoms with Crippen molar-refractivity contribution in [3.8, 4) is 0 Å². The third-order valence-corrected chi connectivity index (χ3v) is 5.23. The van der Waals surface area contributed by atoms with Gasteiger partial charge in [-0.2, -0.15) is 0 Å². The smallest absolute Gasteiger partial charge is 0.317 e. The Morgan fingerprint density at radius 3 is 2.26 bits per heavy atom. The summed E-state index contributed by atoms with van der Waals surface area (Å²) >= 11 is 0. The van der Waals surface area contributed by atoms with Gasteiger partial charge in [0.1, 0.15) is 0 Å². The Morgan fingerprint density at radius 1 is 1.00 bits per heavy atom. The molecule has 2 amide bonds. The van der Waals surface area contributed by atoms with Crippen LogP contribution in [0.15, 0.2) is 0 Å². The molecule has 2 aliphatic heterocycles. The average molecular weight is 325 g/mol. The fraction of sp³-hybridized carbons (Fsp3) is 0.944. The van der Waals surface area contributed by atoms with E-state index in [1.54, 1.807) is 0 Å². The molecule has 0 bridgehead atoms. The third kappa shape index (κ3) is 6.30. The van der Waals surface area contributed by atoms with Crippen molar-refractivity contribution in [2.75, 3.05) is 58.9 Å². The minimum Gasteiger partial charge on any atom is -0.338 e. The maximum Gasteiger partial charge on any atom is 0.317 e. The van der Waals surface area contributed by atoms with Gasteiger partial charge in [0.15, 0.2) is 0 Å². The Balaban J connectivity index is 1.52. The predicted octanol–water partition coefficient (Wildman–Crippen LogP) is 2.09. The molecule has 0 aliphatic carbocycles. The number of likely N-dealkylation sites (tertiary alicyclic amines) is 1. The number of piperidine rings is 1. The first kappa shape index (κ1) is 18.5. The van der Waals surface area contributed by atoms with Gasteiger partial charge in [0, 0.05) is 45.8 Å². The van der Waals surface area contributed by atoms with Gasteiger partial charge >= 0.3 is 6.03 Å². The summed E-state index contributed by atoms with van der Waals surface area (Å²) in [6.45, 7) is 16.2. The first-order valence-electron chi connectivity index (χ1n) is 9.56. The number of carbonyl (C=O) groups is 1. The van der Waals surface area contributed by atoms with E-state index in [0.717, 1.165) is 57.5 Å². The lowest BCUT2D eigenvalue weighted by molar-refractivity contribution is 0.137. The van der Waals surface area contributed by atoms with Crippen LogP contribution in [0.3, 0.4) is 0 Å². The van der Waals surface area contributed by atoms with Gasteiger partial charge in [-0.15, -0.1) is 0 Å². The third-order valence-electron chi connectivity index (χ3n) is 5.23. The van der Waals surface area contributed by atoms with Crippen LogP contribution in [0.25, 0.3) is 0 Å². The lowest BCUT2D eigenvalue weighted by Crippen LogP contribution is -2.51.